The fraction of sp³-hybridized carbons (Fsp3) is 0.614. The number of rotatable bonds is 16. The van der Waals surface area contributed by atoms with Crippen molar-refractivity contribution >= 4 is 29.7 Å². The van der Waals surface area contributed by atoms with E-state index in [1.807, 2.05) is 13.8 Å². The van der Waals surface area contributed by atoms with Crippen molar-refractivity contribution in [3.63, 3.8) is 0 Å². The van der Waals surface area contributed by atoms with Gasteiger partial charge < -0.3 is 78.3 Å². The molecule has 7 unspecified atom stereocenters. The molecule has 2 aromatic rings. The Morgan fingerprint density at radius 1 is 0.969 bits per heavy atom. The van der Waals surface area contributed by atoms with Crippen molar-refractivity contribution in [3.05, 3.63) is 46.5 Å². The van der Waals surface area contributed by atoms with Crippen molar-refractivity contribution in [2.45, 2.75) is 96.2 Å². The number of carbonyl (C=O) groups is 5. The molecule has 1 aliphatic carbocycles. The summed E-state index contributed by atoms with van der Waals surface area (Å²) in [4.78, 5) is 65.3. The van der Waals surface area contributed by atoms with Crippen LogP contribution in [0.5, 0.6) is 23.0 Å². The average Bonchev–Trinajstić information content (AvgIpc) is 3.89. The van der Waals surface area contributed by atoms with E-state index in [4.69, 9.17) is 42.6 Å². The van der Waals surface area contributed by atoms with Gasteiger partial charge in [0.1, 0.15) is 30.2 Å². The number of carbonyl (C=O) groups excluding carboxylic acids is 5. The zero-order valence-corrected chi connectivity index (χ0v) is 36.6. The van der Waals surface area contributed by atoms with Crippen LogP contribution in [0.2, 0.25) is 0 Å². The van der Waals surface area contributed by atoms with Crippen molar-refractivity contribution in [2.24, 2.45) is 23.7 Å². The summed E-state index contributed by atoms with van der Waals surface area (Å²) < 4.78 is 52.6. The van der Waals surface area contributed by atoms with Crippen molar-refractivity contribution < 1.29 is 81.9 Å². The fourth-order valence-corrected chi connectivity index (χ4v) is 9.08. The molecular weight excluding hydrogens is 842 g/mol. The van der Waals surface area contributed by atoms with Crippen LogP contribution in [0, 0.1) is 23.7 Å². The molecule has 4 heterocycles. The molecule has 0 aromatic heterocycles. The number of hydrogen-bond donors (Lipinski definition) is 5. The molecule has 3 saturated heterocycles. The van der Waals surface area contributed by atoms with Crippen LogP contribution in [0.1, 0.15) is 74.8 Å². The molecule has 3 fully saturated rings. The van der Waals surface area contributed by atoms with Gasteiger partial charge >= 0.3 is 12.1 Å². The number of nitrogens with one attached hydrogen (secondary N) is 2. The lowest BCUT2D eigenvalue weighted by atomic mass is 9.66. The first-order valence-corrected chi connectivity index (χ1v) is 21.4. The third kappa shape index (κ3) is 9.92. The summed E-state index contributed by atoms with van der Waals surface area (Å²) >= 11 is 0. The van der Waals surface area contributed by atoms with Crippen LogP contribution in [0.4, 0.5) is 4.79 Å². The lowest BCUT2D eigenvalue weighted by Crippen LogP contribution is -2.63. The highest BCUT2D eigenvalue weighted by molar-refractivity contribution is 5.89. The largest absolute Gasteiger partial charge is 0.493 e. The third-order valence-corrected chi connectivity index (χ3v) is 12.1. The molecule has 0 bridgehead atoms. The summed E-state index contributed by atoms with van der Waals surface area (Å²) in [6, 6.07) is 6.70. The second-order valence-corrected chi connectivity index (χ2v) is 17.2. The van der Waals surface area contributed by atoms with Crippen LogP contribution < -0.4 is 29.6 Å². The first kappa shape index (κ1) is 46.9. The Bertz CT molecular complexity index is 2050. The van der Waals surface area contributed by atoms with Gasteiger partial charge in [0, 0.05) is 49.9 Å². The summed E-state index contributed by atoms with van der Waals surface area (Å²) in [6.45, 7) is 6.10. The minimum atomic E-state index is -1.52. The molecule has 4 aliphatic heterocycles. The molecule has 64 heavy (non-hydrogen) atoms. The number of methoxy groups -OCH3 is 1. The van der Waals surface area contributed by atoms with Gasteiger partial charge in [-0.2, -0.15) is 0 Å². The second kappa shape index (κ2) is 20.0. The van der Waals surface area contributed by atoms with Crippen LogP contribution in [0.3, 0.4) is 0 Å². The van der Waals surface area contributed by atoms with E-state index in [9.17, 15) is 39.3 Å². The van der Waals surface area contributed by atoms with E-state index in [0.717, 1.165) is 0 Å². The van der Waals surface area contributed by atoms with E-state index in [0.29, 0.717) is 34.6 Å². The van der Waals surface area contributed by atoms with E-state index in [-0.39, 0.29) is 80.7 Å². The van der Waals surface area contributed by atoms with Crippen molar-refractivity contribution in [2.75, 3.05) is 53.8 Å². The van der Waals surface area contributed by atoms with Gasteiger partial charge in [0.25, 0.3) is 0 Å². The molecule has 350 valence electrons. The van der Waals surface area contributed by atoms with Gasteiger partial charge in [-0.25, -0.2) is 4.79 Å². The summed E-state index contributed by atoms with van der Waals surface area (Å²) in [6.07, 6.45) is -7.60. The van der Waals surface area contributed by atoms with Gasteiger partial charge in [0.05, 0.1) is 45.5 Å². The summed E-state index contributed by atoms with van der Waals surface area (Å²) in [5, 5.41) is 38.2. The predicted molar refractivity (Wildman–Crippen MR) is 219 cm³/mol. The monoisotopic (exact) mass is 899 g/mol. The number of ether oxygens (including phenoxy) is 9. The zero-order chi connectivity index (χ0) is 46.0. The Balaban J connectivity index is 1.08. The van der Waals surface area contributed by atoms with Crippen LogP contribution in [0.15, 0.2) is 24.3 Å². The Kier molecular flexibility index (Phi) is 14.6. The summed E-state index contributed by atoms with van der Waals surface area (Å²) in [5.41, 5.74) is 1.83. The number of Topliss-reactive ketones (excluding diaryl/α,β-unsaturated/α-hetero) is 1. The maximum absolute atomic E-state index is 13.8. The molecular formula is C44H57N3O17. The lowest BCUT2D eigenvalue weighted by Gasteiger charge is -2.47. The highest BCUT2D eigenvalue weighted by Crippen LogP contribution is 2.56. The maximum Gasteiger partial charge on any atom is 0.415 e. The number of nitrogens with zero attached hydrogens (tertiary/aromatic N) is 1. The van der Waals surface area contributed by atoms with E-state index in [1.54, 1.807) is 31.2 Å². The molecule has 7 rings (SSSR count). The van der Waals surface area contributed by atoms with Crippen molar-refractivity contribution in [1.82, 2.24) is 15.5 Å². The molecule has 5 aliphatic rings. The third-order valence-electron chi connectivity index (χ3n) is 12.1. The number of esters is 1. The first-order chi connectivity index (χ1) is 30.6. The van der Waals surface area contributed by atoms with Gasteiger partial charge in [-0.3, -0.25) is 14.4 Å². The van der Waals surface area contributed by atoms with Gasteiger partial charge in [0.2, 0.25) is 18.6 Å². The minimum Gasteiger partial charge on any atom is -0.493 e. The number of fused-ring (bicyclic) bond motifs is 4. The normalized spacial score (nSPS) is 28.2. The van der Waals surface area contributed by atoms with Crippen LogP contribution >= 0.6 is 0 Å². The molecule has 2 aromatic carbocycles. The molecule has 11 atom stereocenters. The lowest BCUT2D eigenvalue weighted by molar-refractivity contribution is -0.364. The number of ketones is 1. The van der Waals surface area contributed by atoms with E-state index in [2.05, 4.69) is 10.6 Å². The fourth-order valence-electron chi connectivity index (χ4n) is 9.08. The number of likely N-dealkylation sites (N-methyl/N-ethyl adjacent to an activating group) is 1. The highest BCUT2D eigenvalue weighted by atomic mass is 16.8. The molecule has 20 nitrogen and oxygen atoms in total. The first-order valence-electron chi connectivity index (χ1n) is 21.4. The molecule has 5 N–H and O–H groups in total. The number of benzene rings is 2. The quantitative estimate of drug-likeness (QED) is 0.149. The number of aliphatic hydroxyl groups is 3. The molecule has 0 radical (unpaired) electrons. The molecule has 20 heteroatoms. The SMILES string of the molecule is COc1cc([C@@H]2c3cc4c(cc3[C@@H](OC3OC5COC(C)OC5C(O)C3O)[C@H]3COC(=O)[C@H]23)OCO4)cc(CO)c1OC(=O)N(C)CCNC(=O)CNC(=O)C(CC(C)=O)CC(C)C. The Labute approximate surface area is 369 Å². The van der Waals surface area contributed by atoms with E-state index in [1.165, 1.54) is 26.0 Å². The number of amides is 3. The molecule has 0 spiro atoms. The van der Waals surface area contributed by atoms with Crippen LogP contribution in [-0.4, -0.2) is 141 Å². The average molecular weight is 900 g/mol. The van der Waals surface area contributed by atoms with Gasteiger partial charge in [-0.05, 0) is 67.1 Å². The maximum atomic E-state index is 13.8. The summed E-state index contributed by atoms with van der Waals surface area (Å²) in [5.74, 6) is -3.30. The second-order valence-electron chi connectivity index (χ2n) is 17.2. The van der Waals surface area contributed by atoms with Gasteiger partial charge in [-0.15, -0.1) is 0 Å². The highest BCUT2D eigenvalue weighted by Gasteiger charge is 2.56. The number of aliphatic hydroxyl groups excluding tert-OH is 3. The zero-order valence-electron chi connectivity index (χ0n) is 36.6. The van der Waals surface area contributed by atoms with Gasteiger partial charge in [-0.1, -0.05) is 13.8 Å². The number of hydrogen-bond acceptors (Lipinski definition) is 17. The van der Waals surface area contributed by atoms with Crippen molar-refractivity contribution in [1.29, 1.82) is 0 Å². The van der Waals surface area contributed by atoms with Gasteiger partial charge in [0.15, 0.2) is 35.6 Å². The Hall–Kier alpha value is -5.09. The standard InChI is InChI=1S/C44H57N3O17/c1-20(2)9-24(10-21(3)49)41(53)46-15-33(50)45-7-8-47(5)44(55)64-38-25(16-48)11-23(12-31(38)56-6)34-26-13-29-30(60-19-59-29)14-27(26)39(28-17-58-42(54)35(28)34)63-43-37(52)36(51)40-32(62-43)18-57-22(4)61-40/h11-14,20,22,24,28,32,34-37,39-40,43,48,51-52H,7-10,15-19H2,1-6H3,(H,45,50)(H,46,53)/t22?,24?,28-,32?,34+,35-,36?,37?,39+,40?,43?/m0/s1. The smallest absolute Gasteiger partial charge is 0.415 e. The van der Waals surface area contributed by atoms with E-state index >= 15 is 0 Å². The molecule has 0 saturated carbocycles. The van der Waals surface area contributed by atoms with Crippen LogP contribution in [0.25, 0.3) is 0 Å². The minimum absolute atomic E-state index is 0.0148. The Morgan fingerprint density at radius 2 is 1.70 bits per heavy atom. The van der Waals surface area contributed by atoms with Crippen LogP contribution in [-0.2, 0) is 49.5 Å². The number of cyclic esters (lactones) is 1. The predicted octanol–water partition coefficient (Wildman–Crippen LogP) is 1.42. The van der Waals surface area contributed by atoms with E-state index < -0.39 is 91.3 Å². The van der Waals surface area contributed by atoms with Crippen molar-refractivity contribution in [3.8, 4) is 23.0 Å². The molecule has 3 amide bonds. The summed E-state index contributed by atoms with van der Waals surface area (Å²) in [7, 11) is 2.82. The topological polar surface area (TPSA) is 256 Å². The Morgan fingerprint density at radius 3 is 2.39 bits per heavy atom.